The van der Waals surface area contributed by atoms with Gasteiger partial charge in [-0.15, -0.1) is 0 Å². The summed E-state index contributed by atoms with van der Waals surface area (Å²) in [6.45, 7) is 11.5. The van der Waals surface area contributed by atoms with Gasteiger partial charge < -0.3 is 9.64 Å². The minimum Gasteiger partial charge on any atom is -0.497 e. The Kier molecular flexibility index (Phi) is 8.47. The number of rotatable bonds is 9. The number of para-hydroxylation sites is 2. The minimum absolute atomic E-state index is 0.131. The van der Waals surface area contributed by atoms with E-state index in [1.807, 2.05) is 24.1 Å². The zero-order valence-electron chi connectivity index (χ0n) is 22.8. The van der Waals surface area contributed by atoms with Gasteiger partial charge in [-0.3, -0.25) is 4.90 Å². The number of hydrogen-bond acceptors (Lipinski definition) is 7. The normalized spacial score (nSPS) is 15.5. The number of nitrogens with zero attached hydrogens (tertiary/aromatic N) is 5. The monoisotopic (exact) mass is 527 g/mol. The standard InChI is InChI=1S/C31H37N5OS/c1-5-18-36(29-13-9-6-10-23(29)2)31-27-11-7-8-12-28(27)32-30(33-31)24(3)34-19-21-35(22-20-34)38-26-16-14-25(37-4)15-17-26/h6-17,24H,5,18-22H2,1-4H3. The van der Waals surface area contributed by atoms with Crippen LogP contribution in [-0.2, 0) is 0 Å². The highest BCUT2D eigenvalue weighted by Gasteiger charge is 2.26. The minimum atomic E-state index is 0.131. The van der Waals surface area contributed by atoms with Crippen LogP contribution in [0.15, 0.2) is 77.7 Å². The van der Waals surface area contributed by atoms with Crippen LogP contribution in [0.25, 0.3) is 10.9 Å². The van der Waals surface area contributed by atoms with E-state index in [2.05, 4.69) is 95.5 Å². The summed E-state index contributed by atoms with van der Waals surface area (Å²) < 4.78 is 7.73. The van der Waals surface area contributed by atoms with E-state index in [4.69, 9.17) is 14.7 Å². The Morgan fingerprint density at radius 2 is 1.63 bits per heavy atom. The van der Waals surface area contributed by atoms with Crippen LogP contribution < -0.4 is 9.64 Å². The molecule has 1 unspecified atom stereocenters. The zero-order chi connectivity index (χ0) is 26.5. The quantitative estimate of drug-likeness (QED) is 0.220. The third kappa shape index (κ3) is 5.80. The van der Waals surface area contributed by atoms with Crippen molar-refractivity contribution in [3.05, 3.63) is 84.2 Å². The molecule has 0 aliphatic carbocycles. The molecule has 38 heavy (non-hydrogen) atoms. The third-order valence-corrected chi connectivity index (χ3v) is 8.30. The highest BCUT2D eigenvalue weighted by Crippen LogP contribution is 2.34. The number of methoxy groups -OCH3 is 1. The molecule has 3 aromatic carbocycles. The molecule has 0 saturated carbocycles. The third-order valence-electron chi connectivity index (χ3n) is 7.20. The molecule has 5 rings (SSSR count). The molecule has 198 valence electrons. The molecule has 0 amide bonds. The maximum atomic E-state index is 5.29. The second kappa shape index (κ2) is 12.2. The van der Waals surface area contributed by atoms with Gasteiger partial charge >= 0.3 is 0 Å². The Morgan fingerprint density at radius 1 is 0.921 bits per heavy atom. The fourth-order valence-electron chi connectivity index (χ4n) is 5.03. The lowest BCUT2D eigenvalue weighted by molar-refractivity contribution is 0.146. The lowest BCUT2D eigenvalue weighted by Crippen LogP contribution is -2.44. The van der Waals surface area contributed by atoms with Crippen molar-refractivity contribution < 1.29 is 4.74 Å². The molecule has 1 aliphatic heterocycles. The predicted molar refractivity (Wildman–Crippen MR) is 158 cm³/mol. The number of ether oxygens (including phenoxy) is 1. The molecule has 2 heterocycles. The molecule has 7 heteroatoms. The van der Waals surface area contributed by atoms with Gasteiger partial charge in [-0.1, -0.05) is 37.3 Å². The Hall–Kier alpha value is -3.13. The first kappa shape index (κ1) is 26.5. The van der Waals surface area contributed by atoms with Crippen LogP contribution in [0.4, 0.5) is 11.5 Å². The molecule has 1 aromatic heterocycles. The summed E-state index contributed by atoms with van der Waals surface area (Å²) in [5.74, 6) is 2.79. The molecule has 0 N–H and O–H groups in total. The predicted octanol–water partition coefficient (Wildman–Crippen LogP) is 6.88. The smallest absolute Gasteiger partial charge is 0.148 e. The van der Waals surface area contributed by atoms with Crippen molar-refractivity contribution >= 4 is 34.4 Å². The Labute approximate surface area is 230 Å². The summed E-state index contributed by atoms with van der Waals surface area (Å²) in [6, 6.07) is 25.4. The molecule has 0 spiro atoms. The first-order valence-corrected chi connectivity index (χ1v) is 14.3. The fraction of sp³-hybridized carbons (Fsp3) is 0.355. The first-order valence-electron chi connectivity index (χ1n) is 13.5. The van der Waals surface area contributed by atoms with E-state index in [-0.39, 0.29) is 6.04 Å². The van der Waals surface area contributed by atoms with Crippen molar-refractivity contribution in [2.24, 2.45) is 0 Å². The summed E-state index contributed by atoms with van der Waals surface area (Å²) in [4.78, 5) is 16.4. The lowest BCUT2D eigenvalue weighted by atomic mass is 10.1. The average Bonchev–Trinajstić information content (AvgIpc) is 2.96. The molecule has 1 saturated heterocycles. The van der Waals surface area contributed by atoms with E-state index in [9.17, 15) is 0 Å². The summed E-state index contributed by atoms with van der Waals surface area (Å²) in [6.07, 6.45) is 1.03. The van der Waals surface area contributed by atoms with Crippen molar-refractivity contribution in [1.82, 2.24) is 19.2 Å². The molecule has 4 aromatic rings. The number of hydrogen-bond donors (Lipinski definition) is 0. The van der Waals surface area contributed by atoms with Crippen LogP contribution in [0.3, 0.4) is 0 Å². The number of aryl methyl sites for hydroxylation is 1. The highest BCUT2D eigenvalue weighted by atomic mass is 32.2. The number of anilines is 2. The maximum absolute atomic E-state index is 5.29. The van der Waals surface area contributed by atoms with Crippen molar-refractivity contribution in [3.63, 3.8) is 0 Å². The van der Waals surface area contributed by atoms with Crippen LogP contribution in [-0.4, -0.2) is 59.0 Å². The molecular formula is C31H37N5OS. The first-order chi connectivity index (χ1) is 18.6. The summed E-state index contributed by atoms with van der Waals surface area (Å²) in [5, 5.41) is 1.10. The molecular weight excluding hydrogens is 490 g/mol. The zero-order valence-corrected chi connectivity index (χ0v) is 23.6. The van der Waals surface area contributed by atoms with E-state index in [1.54, 1.807) is 7.11 Å². The molecule has 0 bridgehead atoms. The van der Waals surface area contributed by atoms with Crippen LogP contribution in [0.5, 0.6) is 5.75 Å². The number of piperazine rings is 1. The van der Waals surface area contributed by atoms with Gasteiger partial charge in [-0.25, -0.2) is 14.3 Å². The molecule has 1 aliphatic rings. The van der Waals surface area contributed by atoms with Crippen LogP contribution in [0, 0.1) is 6.92 Å². The largest absolute Gasteiger partial charge is 0.497 e. The Bertz CT molecular complexity index is 1350. The van der Waals surface area contributed by atoms with E-state index in [0.29, 0.717) is 0 Å². The van der Waals surface area contributed by atoms with Crippen molar-refractivity contribution in [2.75, 3.05) is 44.7 Å². The summed E-state index contributed by atoms with van der Waals surface area (Å²) in [7, 11) is 1.70. The van der Waals surface area contributed by atoms with Crippen molar-refractivity contribution in [1.29, 1.82) is 0 Å². The van der Waals surface area contributed by atoms with Crippen LogP contribution in [0.1, 0.15) is 37.7 Å². The highest BCUT2D eigenvalue weighted by molar-refractivity contribution is 7.97. The van der Waals surface area contributed by atoms with E-state index < -0.39 is 0 Å². The number of benzene rings is 3. The van der Waals surface area contributed by atoms with Crippen LogP contribution >= 0.6 is 11.9 Å². The van der Waals surface area contributed by atoms with Gasteiger partial charge in [0, 0.05) is 48.7 Å². The van der Waals surface area contributed by atoms with E-state index >= 15 is 0 Å². The lowest BCUT2D eigenvalue weighted by Gasteiger charge is -2.37. The Balaban J connectivity index is 1.37. The maximum Gasteiger partial charge on any atom is 0.148 e. The van der Waals surface area contributed by atoms with Gasteiger partial charge in [0.25, 0.3) is 0 Å². The van der Waals surface area contributed by atoms with Gasteiger partial charge in [0.05, 0.1) is 18.7 Å². The van der Waals surface area contributed by atoms with Gasteiger partial charge in [0.2, 0.25) is 0 Å². The SMILES string of the molecule is CCCN(c1ccccc1C)c1nc(C(C)N2CCN(Sc3ccc(OC)cc3)CC2)nc2ccccc12. The summed E-state index contributed by atoms with van der Waals surface area (Å²) in [5.41, 5.74) is 3.47. The van der Waals surface area contributed by atoms with E-state index in [0.717, 1.165) is 67.4 Å². The fourth-order valence-corrected chi connectivity index (χ4v) is 5.93. The van der Waals surface area contributed by atoms with Gasteiger partial charge in [-0.05, 0) is 80.2 Å². The molecule has 1 atom stereocenters. The van der Waals surface area contributed by atoms with Gasteiger partial charge in [0.1, 0.15) is 17.4 Å². The molecule has 6 nitrogen and oxygen atoms in total. The number of aromatic nitrogens is 2. The topological polar surface area (TPSA) is 44.7 Å². The second-order valence-corrected chi connectivity index (χ2v) is 10.9. The second-order valence-electron chi connectivity index (χ2n) is 9.77. The average molecular weight is 528 g/mol. The van der Waals surface area contributed by atoms with Gasteiger partial charge in [-0.2, -0.15) is 0 Å². The van der Waals surface area contributed by atoms with Crippen molar-refractivity contribution in [2.45, 2.75) is 38.1 Å². The number of fused-ring (bicyclic) bond motifs is 1. The van der Waals surface area contributed by atoms with Gasteiger partial charge in [0.15, 0.2) is 0 Å². The Morgan fingerprint density at radius 3 is 2.34 bits per heavy atom. The molecule has 0 radical (unpaired) electrons. The van der Waals surface area contributed by atoms with E-state index in [1.165, 1.54) is 16.1 Å². The summed E-state index contributed by atoms with van der Waals surface area (Å²) >= 11 is 1.82. The molecule has 1 fully saturated rings. The van der Waals surface area contributed by atoms with Crippen LogP contribution in [0.2, 0.25) is 0 Å². The van der Waals surface area contributed by atoms with Crippen molar-refractivity contribution in [3.8, 4) is 5.75 Å².